The average Bonchev–Trinajstić information content (AvgIpc) is 2.87. The van der Waals surface area contributed by atoms with E-state index in [4.69, 9.17) is 0 Å². The fourth-order valence-corrected chi connectivity index (χ4v) is 4.31. The molecule has 0 radical (unpaired) electrons. The number of aromatic nitrogens is 1. The van der Waals surface area contributed by atoms with Gasteiger partial charge in [-0.15, -0.1) is 11.3 Å². The predicted molar refractivity (Wildman–Crippen MR) is 81.5 cm³/mol. The maximum Gasteiger partial charge on any atom is 0.0809 e. The Labute approximate surface area is 116 Å². The molecule has 1 atom stereocenters. The van der Waals surface area contributed by atoms with Crippen LogP contribution in [0.15, 0.2) is 23.7 Å². The van der Waals surface area contributed by atoms with Crippen molar-refractivity contribution in [2.75, 3.05) is 11.5 Å². The number of nitrogens with one attached hydrogen (secondary N) is 1. The van der Waals surface area contributed by atoms with Crippen molar-refractivity contribution in [2.24, 2.45) is 0 Å². The summed E-state index contributed by atoms with van der Waals surface area (Å²) >= 11 is 3.85. The van der Waals surface area contributed by atoms with E-state index < -0.39 is 0 Å². The summed E-state index contributed by atoms with van der Waals surface area (Å²) in [6.07, 6.45) is 4.61. The molecule has 2 aromatic rings. The highest BCUT2D eigenvalue weighted by molar-refractivity contribution is 7.99. The summed E-state index contributed by atoms with van der Waals surface area (Å²) in [6, 6.07) is 5.44. The minimum Gasteiger partial charge on any atom is -0.307 e. The molecule has 1 saturated heterocycles. The van der Waals surface area contributed by atoms with E-state index in [0.29, 0.717) is 12.1 Å². The van der Waals surface area contributed by atoms with Gasteiger partial charge in [-0.3, -0.25) is 4.98 Å². The molecule has 0 spiro atoms. The molecule has 1 N–H and O–H groups in total. The number of fused-ring (bicyclic) bond motifs is 1. The maximum atomic E-state index is 4.52. The molecule has 2 aromatic heterocycles. The van der Waals surface area contributed by atoms with Gasteiger partial charge in [0.05, 0.1) is 10.2 Å². The first kappa shape index (κ1) is 12.5. The zero-order valence-electron chi connectivity index (χ0n) is 10.6. The van der Waals surface area contributed by atoms with Crippen molar-refractivity contribution < 1.29 is 0 Å². The summed E-state index contributed by atoms with van der Waals surface area (Å²) in [5.74, 6) is 2.60. The zero-order valence-corrected chi connectivity index (χ0v) is 12.2. The third kappa shape index (κ3) is 2.71. The van der Waals surface area contributed by atoms with Gasteiger partial charge in [0.1, 0.15) is 0 Å². The van der Waals surface area contributed by atoms with Gasteiger partial charge in [0, 0.05) is 18.3 Å². The highest BCUT2D eigenvalue weighted by Crippen LogP contribution is 2.24. The van der Waals surface area contributed by atoms with Crippen LogP contribution in [0.25, 0.3) is 10.2 Å². The van der Waals surface area contributed by atoms with Crippen LogP contribution in [-0.2, 0) is 0 Å². The Hall–Kier alpha value is -0.580. The molecule has 3 rings (SSSR count). The molecule has 96 valence electrons. The Morgan fingerprint density at radius 3 is 3.06 bits per heavy atom. The van der Waals surface area contributed by atoms with Crippen LogP contribution in [0.2, 0.25) is 0 Å². The molecule has 4 heteroatoms. The summed E-state index contributed by atoms with van der Waals surface area (Å²) in [5, 5.41) is 5.85. The second kappa shape index (κ2) is 5.59. The molecule has 2 nitrogen and oxygen atoms in total. The summed E-state index contributed by atoms with van der Waals surface area (Å²) in [6.45, 7) is 2.25. The lowest BCUT2D eigenvalue weighted by Gasteiger charge is -2.26. The Balaban J connectivity index is 1.72. The van der Waals surface area contributed by atoms with Crippen LogP contribution in [0.4, 0.5) is 0 Å². The van der Waals surface area contributed by atoms with E-state index in [1.54, 1.807) is 11.3 Å². The van der Waals surface area contributed by atoms with Gasteiger partial charge in [-0.2, -0.15) is 11.8 Å². The Kier molecular flexibility index (Phi) is 3.87. The summed E-state index contributed by atoms with van der Waals surface area (Å²) in [5.41, 5.74) is 2.42. The monoisotopic (exact) mass is 278 g/mol. The van der Waals surface area contributed by atoms with Gasteiger partial charge < -0.3 is 5.32 Å². The molecule has 0 bridgehead atoms. The number of hydrogen-bond donors (Lipinski definition) is 1. The maximum absolute atomic E-state index is 4.52. The number of thioether (sulfide) groups is 1. The van der Waals surface area contributed by atoms with Crippen molar-refractivity contribution in [3.8, 4) is 0 Å². The van der Waals surface area contributed by atoms with Crippen molar-refractivity contribution in [1.29, 1.82) is 0 Å². The minimum atomic E-state index is 0.400. The quantitative estimate of drug-likeness (QED) is 0.923. The lowest BCUT2D eigenvalue weighted by atomic mass is 10.1. The van der Waals surface area contributed by atoms with Gasteiger partial charge >= 0.3 is 0 Å². The third-order valence-corrected chi connectivity index (χ3v) is 5.43. The van der Waals surface area contributed by atoms with Crippen LogP contribution >= 0.6 is 23.1 Å². The largest absolute Gasteiger partial charge is 0.307 e. The highest BCUT2D eigenvalue weighted by Gasteiger charge is 2.16. The lowest BCUT2D eigenvalue weighted by molar-refractivity contribution is 0.431. The van der Waals surface area contributed by atoms with Crippen molar-refractivity contribution in [1.82, 2.24) is 10.3 Å². The number of rotatable bonds is 3. The SMILES string of the molecule is CC(NC1CCSCC1)c1cnc2ccsc2c1. The smallest absolute Gasteiger partial charge is 0.0809 e. The van der Waals surface area contributed by atoms with Crippen molar-refractivity contribution in [2.45, 2.75) is 31.8 Å². The first-order valence-corrected chi connectivity index (χ1v) is 8.53. The van der Waals surface area contributed by atoms with E-state index >= 15 is 0 Å². The summed E-state index contributed by atoms with van der Waals surface area (Å²) < 4.78 is 1.29. The molecule has 0 saturated carbocycles. The first-order chi connectivity index (χ1) is 8.83. The van der Waals surface area contributed by atoms with Gasteiger partial charge in [-0.1, -0.05) is 0 Å². The average molecular weight is 278 g/mol. The van der Waals surface area contributed by atoms with E-state index in [1.807, 2.05) is 6.20 Å². The fraction of sp³-hybridized carbons (Fsp3) is 0.500. The van der Waals surface area contributed by atoms with Crippen LogP contribution in [0, 0.1) is 0 Å². The van der Waals surface area contributed by atoms with Gasteiger partial charge in [0.25, 0.3) is 0 Å². The molecular formula is C14H18N2S2. The highest BCUT2D eigenvalue weighted by atomic mass is 32.2. The number of nitrogens with zero attached hydrogens (tertiary/aromatic N) is 1. The molecule has 1 unspecified atom stereocenters. The van der Waals surface area contributed by atoms with Gasteiger partial charge in [0.2, 0.25) is 0 Å². The van der Waals surface area contributed by atoms with Gasteiger partial charge in [0.15, 0.2) is 0 Å². The van der Waals surface area contributed by atoms with Crippen molar-refractivity contribution >= 4 is 33.3 Å². The van der Waals surface area contributed by atoms with Gasteiger partial charge in [-0.25, -0.2) is 0 Å². The normalized spacial score (nSPS) is 19.2. The number of thiophene rings is 1. The molecule has 1 aliphatic heterocycles. The van der Waals surface area contributed by atoms with E-state index in [9.17, 15) is 0 Å². The molecular weight excluding hydrogens is 260 g/mol. The Bertz CT molecular complexity index is 517. The van der Waals surface area contributed by atoms with E-state index in [0.717, 1.165) is 5.52 Å². The molecule has 3 heterocycles. The van der Waals surface area contributed by atoms with Crippen LogP contribution in [0.1, 0.15) is 31.4 Å². The molecule has 1 aliphatic rings. The van der Waals surface area contributed by atoms with Gasteiger partial charge in [-0.05, 0) is 54.3 Å². The number of pyridine rings is 1. The molecule has 0 amide bonds. The Morgan fingerprint density at radius 1 is 1.39 bits per heavy atom. The topological polar surface area (TPSA) is 24.9 Å². The van der Waals surface area contributed by atoms with E-state index in [2.05, 4.69) is 46.5 Å². The van der Waals surface area contributed by atoms with Crippen LogP contribution in [0.5, 0.6) is 0 Å². The minimum absolute atomic E-state index is 0.400. The summed E-state index contributed by atoms with van der Waals surface area (Å²) in [7, 11) is 0. The van der Waals surface area contributed by atoms with E-state index in [1.165, 1.54) is 34.6 Å². The first-order valence-electron chi connectivity index (χ1n) is 6.50. The zero-order chi connectivity index (χ0) is 12.4. The predicted octanol–water partition coefficient (Wildman–Crippen LogP) is 3.84. The molecule has 1 fully saturated rings. The second-order valence-electron chi connectivity index (χ2n) is 4.85. The van der Waals surface area contributed by atoms with Crippen molar-refractivity contribution in [3.05, 3.63) is 29.3 Å². The van der Waals surface area contributed by atoms with Crippen LogP contribution in [0.3, 0.4) is 0 Å². The Morgan fingerprint density at radius 2 is 2.22 bits per heavy atom. The van der Waals surface area contributed by atoms with Crippen LogP contribution < -0.4 is 5.32 Å². The molecule has 18 heavy (non-hydrogen) atoms. The van der Waals surface area contributed by atoms with E-state index in [-0.39, 0.29) is 0 Å². The van der Waals surface area contributed by atoms with Crippen LogP contribution in [-0.4, -0.2) is 22.5 Å². The standard InChI is InChI=1S/C14H18N2S2/c1-10(16-12-2-5-17-6-3-12)11-8-14-13(15-9-11)4-7-18-14/h4,7-10,12,16H,2-3,5-6H2,1H3. The molecule has 0 aliphatic carbocycles. The molecule has 0 aromatic carbocycles. The number of hydrogen-bond acceptors (Lipinski definition) is 4. The third-order valence-electron chi connectivity index (χ3n) is 3.53. The van der Waals surface area contributed by atoms with Crippen molar-refractivity contribution in [3.63, 3.8) is 0 Å². The fourth-order valence-electron chi connectivity index (χ4n) is 2.41. The second-order valence-corrected chi connectivity index (χ2v) is 7.02. The summed E-state index contributed by atoms with van der Waals surface area (Å²) in [4.78, 5) is 4.52. The lowest BCUT2D eigenvalue weighted by Crippen LogP contribution is -2.34.